The van der Waals surface area contributed by atoms with E-state index >= 15 is 0 Å². The highest BCUT2D eigenvalue weighted by molar-refractivity contribution is 5.36. The van der Waals surface area contributed by atoms with Crippen molar-refractivity contribution in [3.05, 3.63) is 29.8 Å². The third-order valence-electron chi connectivity index (χ3n) is 3.27. The Morgan fingerprint density at radius 3 is 2.69 bits per heavy atom. The highest BCUT2D eigenvalue weighted by Crippen LogP contribution is 2.32. The van der Waals surface area contributed by atoms with E-state index in [1.165, 1.54) is 0 Å². The summed E-state index contributed by atoms with van der Waals surface area (Å²) in [6.45, 7) is 1.65. The Morgan fingerprint density at radius 1 is 1.31 bits per heavy atom. The maximum absolute atomic E-state index is 6.31. The molecule has 16 heavy (non-hydrogen) atoms. The van der Waals surface area contributed by atoms with Gasteiger partial charge in [0.05, 0.1) is 7.11 Å². The third-order valence-corrected chi connectivity index (χ3v) is 3.27. The van der Waals surface area contributed by atoms with Crippen LogP contribution in [0.3, 0.4) is 0 Å². The molecule has 0 aliphatic carbocycles. The number of para-hydroxylation sites is 1. The van der Waals surface area contributed by atoms with E-state index in [0.717, 1.165) is 37.4 Å². The molecular weight excluding hydrogens is 202 g/mol. The summed E-state index contributed by atoms with van der Waals surface area (Å²) in [7, 11) is 1.69. The van der Waals surface area contributed by atoms with Gasteiger partial charge in [0.2, 0.25) is 0 Å². The Morgan fingerprint density at radius 2 is 2.00 bits per heavy atom. The van der Waals surface area contributed by atoms with Gasteiger partial charge in [-0.3, -0.25) is 0 Å². The first kappa shape index (κ1) is 11.4. The smallest absolute Gasteiger partial charge is 0.123 e. The molecule has 0 radical (unpaired) electrons. The Bertz CT molecular complexity index is 334. The molecule has 1 aliphatic rings. The second kappa shape index (κ2) is 5.32. The summed E-state index contributed by atoms with van der Waals surface area (Å²) in [5.74, 6) is 1.39. The van der Waals surface area contributed by atoms with Crippen molar-refractivity contribution in [3.63, 3.8) is 0 Å². The maximum atomic E-state index is 6.31. The first-order valence-electron chi connectivity index (χ1n) is 5.79. The van der Waals surface area contributed by atoms with Gasteiger partial charge in [-0.15, -0.1) is 0 Å². The van der Waals surface area contributed by atoms with Crippen LogP contribution in [0.25, 0.3) is 0 Å². The van der Waals surface area contributed by atoms with E-state index in [1.54, 1.807) is 7.11 Å². The van der Waals surface area contributed by atoms with Gasteiger partial charge in [0.1, 0.15) is 5.75 Å². The van der Waals surface area contributed by atoms with Gasteiger partial charge in [0, 0.05) is 24.8 Å². The molecule has 2 N–H and O–H groups in total. The van der Waals surface area contributed by atoms with Crippen LogP contribution in [0.2, 0.25) is 0 Å². The lowest BCUT2D eigenvalue weighted by atomic mass is 9.87. The van der Waals surface area contributed by atoms with Gasteiger partial charge in [-0.25, -0.2) is 0 Å². The van der Waals surface area contributed by atoms with Crippen LogP contribution >= 0.6 is 0 Å². The lowest BCUT2D eigenvalue weighted by molar-refractivity contribution is 0.0581. The highest BCUT2D eigenvalue weighted by atomic mass is 16.5. The summed E-state index contributed by atoms with van der Waals surface area (Å²) in [6, 6.07) is 8.06. The Labute approximate surface area is 96.5 Å². The molecule has 1 fully saturated rings. The van der Waals surface area contributed by atoms with Crippen LogP contribution in [0.5, 0.6) is 5.75 Å². The number of rotatable bonds is 3. The van der Waals surface area contributed by atoms with Crippen molar-refractivity contribution in [1.82, 2.24) is 0 Å². The standard InChI is InChI=1S/C13H19NO2/c1-15-12-5-3-2-4-11(12)13(14)10-6-8-16-9-7-10/h2-5,10,13H,6-9,14H2,1H3/t13-/m1/s1. The molecule has 88 valence electrons. The molecular formula is C13H19NO2. The fraction of sp³-hybridized carbons (Fsp3) is 0.538. The number of hydrogen-bond acceptors (Lipinski definition) is 3. The Balaban J connectivity index is 2.15. The lowest BCUT2D eigenvalue weighted by Gasteiger charge is -2.28. The highest BCUT2D eigenvalue weighted by Gasteiger charge is 2.24. The molecule has 0 saturated carbocycles. The third kappa shape index (κ3) is 2.36. The molecule has 0 unspecified atom stereocenters. The molecule has 0 aromatic heterocycles. The summed E-state index contributed by atoms with van der Waals surface area (Å²) in [5, 5.41) is 0. The first-order valence-corrected chi connectivity index (χ1v) is 5.79. The molecule has 0 bridgehead atoms. The maximum Gasteiger partial charge on any atom is 0.123 e. The van der Waals surface area contributed by atoms with Gasteiger partial charge < -0.3 is 15.2 Å². The summed E-state index contributed by atoms with van der Waals surface area (Å²) in [6.07, 6.45) is 2.08. The minimum atomic E-state index is 0.0556. The van der Waals surface area contributed by atoms with Crippen molar-refractivity contribution >= 4 is 0 Å². The lowest BCUT2D eigenvalue weighted by Crippen LogP contribution is -2.27. The van der Waals surface area contributed by atoms with Gasteiger partial charge >= 0.3 is 0 Å². The number of nitrogens with two attached hydrogens (primary N) is 1. The molecule has 1 atom stereocenters. The number of methoxy groups -OCH3 is 1. The monoisotopic (exact) mass is 221 g/mol. The fourth-order valence-corrected chi connectivity index (χ4v) is 2.27. The molecule has 1 heterocycles. The predicted molar refractivity (Wildman–Crippen MR) is 63.5 cm³/mol. The molecule has 2 rings (SSSR count). The largest absolute Gasteiger partial charge is 0.496 e. The normalized spacial score (nSPS) is 19.4. The SMILES string of the molecule is COc1ccccc1[C@H](N)C1CCOCC1. The average molecular weight is 221 g/mol. The second-order valence-corrected chi connectivity index (χ2v) is 4.22. The van der Waals surface area contributed by atoms with Crippen LogP contribution in [0.4, 0.5) is 0 Å². The van der Waals surface area contributed by atoms with Gasteiger partial charge in [0.25, 0.3) is 0 Å². The van der Waals surface area contributed by atoms with Crippen LogP contribution in [0.15, 0.2) is 24.3 Å². The number of ether oxygens (including phenoxy) is 2. The molecule has 3 nitrogen and oxygen atoms in total. The average Bonchev–Trinajstić information content (AvgIpc) is 2.39. The van der Waals surface area contributed by atoms with E-state index in [4.69, 9.17) is 15.2 Å². The van der Waals surface area contributed by atoms with Gasteiger partial charge in [-0.2, -0.15) is 0 Å². The van der Waals surface area contributed by atoms with Crippen LogP contribution in [0, 0.1) is 5.92 Å². The summed E-state index contributed by atoms with van der Waals surface area (Å²) >= 11 is 0. The van der Waals surface area contributed by atoms with E-state index in [-0.39, 0.29) is 6.04 Å². The minimum absolute atomic E-state index is 0.0556. The summed E-state index contributed by atoms with van der Waals surface area (Å²) < 4.78 is 10.7. The molecule has 0 spiro atoms. The second-order valence-electron chi connectivity index (χ2n) is 4.22. The van der Waals surface area contributed by atoms with Crippen molar-refractivity contribution in [2.24, 2.45) is 11.7 Å². The van der Waals surface area contributed by atoms with Crippen molar-refractivity contribution in [1.29, 1.82) is 0 Å². The van der Waals surface area contributed by atoms with E-state index in [0.29, 0.717) is 5.92 Å². The molecule has 1 aromatic rings. The first-order chi connectivity index (χ1) is 7.83. The van der Waals surface area contributed by atoms with Crippen LogP contribution in [-0.4, -0.2) is 20.3 Å². The minimum Gasteiger partial charge on any atom is -0.496 e. The van der Waals surface area contributed by atoms with Gasteiger partial charge in [-0.1, -0.05) is 18.2 Å². The van der Waals surface area contributed by atoms with Crippen LogP contribution in [-0.2, 0) is 4.74 Å². The van der Waals surface area contributed by atoms with Crippen molar-refractivity contribution in [3.8, 4) is 5.75 Å². The molecule has 0 amide bonds. The van der Waals surface area contributed by atoms with E-state index < -0.39 is 0 Å². The number of benzene rings is 1. The van der Waals surface area contributed by atoms with Gasteiger partial charge in [0.15, 0.2) is 0 Å². The molecule has 1 saturated heterocycles. The molecule has 1 aliphatic heterocycles. The molecule has 1 aromatic carbocycles. The Hall–Kier alpha value is -1.06. The Kier molecular flexibility index (Phi) is 3.80. The quantitative estimate of drug-likeness (QED) is 0.850. The van der Waals surface area contributed by atoms with Crippen molar-refractivity contribution in [2.45, 2.75) is 18.9 Å². The van der Waals surface area contributed by atoms with Crippen molar-refractivity contribution < 1.29 is 9.47 Å². The predicted octanol–water partition coefficient (Wildman–Crippen LogP) is 2.12. The zero-order valence-electron chi connectivity index (χ0n) is 9.69. The van der Waals surface area contributed by atoms with Gasteiger partial charge in [-0.05, 0) is 24.8 Å². The van der Waals surface area contributed by atoms with E-state index in [2.05, 4.69) is 6.07 Å². The number of hydrogen-bond donors (Lipinski definition) is 1. The van der Waals surface area contributed by atoms with E-state index in [1.807, 2.05) is 18.2 Å². The fourth-order valence-electron chi connectivity index (χ4n) is 2.27. The topological polar surface area (TPSA) is 44.5 Å². The van der Waals surface area contributed by atoms with E-state index in [9.17, 15) is 0 Å². The summed E-state index contributed by atoms with van der Waals surface area (Å²) in [4.78, 5) is 0. The van der Waals surface area contributed by atoms with Crippen LogP contribution in [0.1, 0.15) is 24.4 Å². The zero-order valence-corrected chi connectivity index (χ0v) is 9.69. The zero-order chi connectivity index (χ0) is 11.4. The summed E-state index contributed by atoms with van der Waals surface area (Å²) in [5.41, 5.74) is 7.42. The van der Waals surface area contributed by atoms with Crippen LogP contribution < -0.4 is 10.5 Å². The molecule has 3 heteroatoms. The van der Waals surface area contributed by atoms with Crippen molar-refractivity contribution in [2.75, 3.05) is 20.3 Å².